The van der Waals surface area contributed by atoms with Crippen LogP contribution in [-0.4, -0.2) is 21.8 Å². The molecule has 1 unspecified atom stereocenters. The third-order valence-corrected chi connectivity index (χ3v) is 5.69. The summed E-state index contributed by atoms with van der Waals surface area (Å²) in [5.74, 6) is -1.40. The van der Waals surface area contributed by atoms with E-state index in [9.17, 15) is 9.59 Å². The van der Waals surface area contributed by atoms with Gasteiger partial charge < -0.3 is 20.9 Å². The minimum atomic E-state index is -1.03. The van der Waals surface area contributed by atoms with Gasteiger partial charge in [0.05, 0.1) is 0 Å². The van der Waals surface area contributed by atoms with Crippen molar-refractivity contribution in [2.75, 3.05) is 5.32 Å². The van der Waals surface area contributed by atoms with Crippen LogP contribution in [0.15, 0.2) is 84.8 Å². The van der Waals surface area contributed by atoms with Gasteiger partial charge in [0.15, 0.2) is 5.79 Å². The SMILES string of the molecule is CC(=O)Nc1ccc(C2(NCc3ccccc3)NC(=O)/C(=C/c3c[nH]c4ncccc34)N2)cc1. The molecule has 8 heteroatoms. The van der Waals surface area contributed by atoms with Gasteiger partial charge in [-0.15, -0.1) is 0 Å². The Bertz CT molecular complexity index is 1380. The summed E-state index contributed by atoms with van der Waals surface area (Å²) in [4.78, 5) is 31.9. The number of benzene rings is 2. The molecule has 2 amide bonds. The number of carbonyl (C=O) groups excluding carboxylic acids is 2. The van der Waals surface area contributed by atoms with Crippen molar-refractivity contribution in [3.05, 3.63) is 102 Å². The lowest BCUT2D eigenvalue weighted by Gasteiger charge is -2.31. The first-order valence-electron chi connectivity index (χ1n) is 10.9. The Morgan fingerprint density at radius 3 is 2.59 bits per heavy atom. The van der Waals surface area contributed by atoms with Gasteiger partial charge in [0.2, 0.25) is 5.91 Å². The second-order valence-electron chi connectivity index (χ2n) is 8.13. The largest absolute Gasteiger partial charge is 0.346 e. The van der Waals surface area contributed by atoms with E-state index >= 15 is 0 Å². The van der Waals surface area contributed by atoms with E-state index in [0.717, 1.165) is 27.7 Å². The number of nitrogens with one attached hydrogen (secondary N) is 5. The van der Waals surface area contributed by atoms with Gasteiger partial charge in [-0.3, -0.25) is 14.9 Å². The van der Waals surface area contributed by atoms with Crippen LogP contribution in [0.1, 0.15) is 23.6 Å². The molecule has 5 N–H and O–H groups in total. The number of aromatic amines is 1. The van der Waals surface area contributed by atoms with Gasteiger partial charge in [-0.2, -0.15) is 0 Å². The van der Waals surface area contributed by atoms with Crippen molar-refractivity contribution in [2.24, 2.45) is 0 Å². The molecule has 4 aromatic rings. The highest BCUT2D eigenvalue weighted by Gasteiger charge is 2.41. The molecule has 1 aliphatic rings. The Morgan fingerprint density at radius 2 is 1.82 bits per heavy atom. The number of fused-ring (bicyclic) bond motifs is 1. The second-order valence-corrected chi connectivity index (χ2v) is 8.13. The fraction of sp³-hybridized carbons (Fsp3) is 0.115. The molecule has 0 spiro atoms. The normalized spacial score (nSPS) is 18.6. The molecule has 1 fully saturated rings. The van der Waals surface area contributed by atoms with Gasteiger partial charge in [0.1, 0.15) is 11.3 Å². The van der Waals surface area contributed by atoms with Crippen LogP contribution in [0, 0.1) is 0 Å². The molecule has 0 radical (unpaired) electrons. The number of pyridine rings is 1. The number of anilines is 1. The van der Waals surface area contributed by atoms with Gasteiger partial charge in [-0.05, 0) is 35.9 Å². The molecule has 0 saturated carbocycles. The van der Waals surface area contributed by atoms with Crippen molar-refractivity contribution in [3.8, 4) is 0 Å². The summed E-state index contributed by atoms with van der Waals surface area (Å²) in [5, 5.41) is 13.6. The highest BCUT2D eigenvalue weighted by molar-refractivity contribution is 6.02. The van der Waals surface area contributed by atoms with Crippen LogP contribution >= 0.6 is 0 Å². The summed E-state index contributed by atoms with van der Waals surface area (Å²) < 4.78 is 0. The zero-order chi connectivity index (χ0) is 23.5. The van der Waals surface area contributed by atoms with Crippen LogP contribution in [0.5, 0.6) is 0 Å². The summed E-state index contributed by atoms with van der Waals surface area (Å²) in [7, 11) is 0. The summed E-state index contributed by atoms with van der Waals surface area (Å²) in [6.45, 7) is 1.98. The van der Waals surface area contributed by atoms with E-state index in [1.807, 2.05) is 79.0 Å². The number of aromatic nitrogens is 2. The first-order valence-corrected chi connectivity index (χ1v) is 10.9. The molecular weight excluding hydrogens is 428 g/mol. The number of hydrogen-bond acceptors (Lipinski definition) is 5. The summed E-state index contributed by atoms with van der Waals surface area (Å²) in [5.41, 5.74) is 4.61. The molecule has 8 nitrogen and oxygen atoms in total. The van der Waals surface area contributed by atoms with Crippen molar-refractivity contribution < 1.29 is 9.59 Å². The lowest BCUT2D eigenvalue weighted by Crippen LogP contribution is -2.57. The topological polar surface area (TPSA) is 111 Å². The van der Waals surface area contributed by atoms with Crippen LogP contribution in [0.2, 0.25) is 0 Å². The molecule has 34 heavy (non-hydrogen) atoms. The maximum atomic E-state index is 13.1. The zero-order valence-electron chi connectivity index (χ0n) is 18.6. The summed E-state index contributed by atoms with van der Waals surface area (Å²) in [6.07, 6.45) is 5.37. The predicted octanol–water partition coefficient (Wildman–Crippen LogP) is 3.18. The number of nitrogens with zero attached hydrogens (tertiary/aromatic N) is 1. The van der Waals surface area contributed by atoms with Gasteiger partial charge in [-0.25, -0.2) is 4.98 Å². The average molecular weight is 453 g/mol. The Balaban J connectivity index is 1.49. The van der Waals surface area contributed by atoms with Crippen LogP contribution < -0.4 is 21.3 Å². The molecule has 0 bridgehead atoms. The fourth-order valence-corrected chi connectivity index (χ4v) is 4.05. The van der Waals surface area contributed by atoms with Crippen LogP contribution in [0.3, 0.4) is 0 Å². The van der Waals surface area contributed by atoms with Crippen molar-refractivity contribution in [2.45, 2.75) is 19.3 Å². The number of H-pyrrole nitrogens is 1. The summed E-state index contributed by atoms with van der Waals surface area (Å²) >= 11 is 0. The molecular formula is C26H24N6O2. The fourth-order valence-electron chi connectivity index (χ4n) is 4.05. The van der Waals surface area contributed by atoms with E-state index in [4.69, 9.17) is 0 Å². The minimum absolute atomic E-state index is 0.143. The zero-order valence-corrected chi connectivity index (χ0v) is 18.6. The molecule has 5 rings (SSSR count). The van der Waals surface area contributed by atoms with E-state index in [1.54, 1.807) is 6.20 Å². The second kappa shape index (κ2) is 8.84. The number of hydrogen-bond donors (Lipinski definition) is 5. The smallest absolute Gasteiger partial charge is 0.270 e. The van der Waals surface area contributed by atoms with E-state index in [-0.39, 0.29) is 11.8 Å². The highest BCUT2D eigenvalue weighted by Crippen LogP contribution is 2.27. The Hall–Kier alpha value is -4.43. The average Bonchev–Trinajstić information content (AvgIpc) is 3.40. The number of amides is 2. The lowest BCUT2D eigenvalue weighted by atomic mass is 10.1. The minimum Gasteiger partial charge on any atom is -0.346 e. The van der Waals surface area contributed by atoms with E-state index in [0.29, 0.717) is 17.9 Å². The monoisotopic (exact) mass is 452 g/mol. The van der Waals surface area contributed by atoms with Gasteiger partial charge in [0, 0.05) is 48.1 Å². The maximum absolute atomic E-state index is 13.1. The van der Waals surface area contributed by atoms with Crippen LogP contribution in [-0.2, 0) is 21.9 Å². The van der Waals surface area contributed by atoms with Gasteiger partial charge in [0.25, 0.3) is 5.91 Å². The first-order chi connectivity index (χ1) is 16.5. The Morgan fingerprint density at radius 1 is 1.03 bits per heavy atom. The molecule has 0 aliphatic carbocycles. The van der Waals surface area contributed by atoms with Crippen LogP contribution in [0.4, 0.5) is 5.69 Å². The molecule has 1 atom stereocenters. The maximum Gasteiger partial charge on any atom is 0.270 e. The Labute approximate surface area is 196 Å². The van der Waals surface area contributed by atoms with Crippen molar-refractivity contribution in [1.82, 2.24) is 25.9 Å². The van der Waals surface area contributed by atoms with Gasteiger partial charge in [-0.1, -0.05) is 42.5 Å². The third-order valence-electron chi connectivity index (χ3n) is 5.69. The summed E-state index contributed by atoms with van der Waals surface area (Å²) in [6, 6.07) is 21.1. The van der Waals surface area contributed by atoms with E-state index in [2.05, 4.69) is 31.2 Å². The number of carbonyl (C=O) groups is 2. The quantitative estimate of drug-likeness (QED) is 0.289. The van der Waals surface area contributed by atoms with E-state index < -0.39 is 5.79 Å². The standard InChI is InChI=1S/C26H24N6O2/c1-17(33)30-21-11-9-20(10-12-21)26(29-15-18-6-3-2-4-7-18)31-23(25(34)32-26)14-19-16-28-24-22(19)8-5-13-27-24/h2-14,16,29,31H,15H2,1H3,(H,27,28)(H,30,33)(H,32,34)/b23-14-. The van der Waals surface area contributed by atoms with Crippen molar-refractivity contribution in [1.29, 1.82) is 0 Å². The molecule has 3 heterocycles. The van der Waals surface area contributed by atoms with Crippen molar-refractivity contribution >= 4 is 34.6 Å². The van der Waals surface area contributed by atoms with E-state index in [1.165, 1.54) is 6.92 Å². The Kier molecular flexibility index (Phi) is 5.57. The predicted molar refractivity (Wildman–Crippen MR) is 131 cm³/mol. The highest BCUT2D eigenvalue weighted by atomic mass is 16.2. The van der Waals surface area contributed by atoms with Crippen LogP contribution in [0.25, 0.3) is 17.1 Å². The molecule has 2 aromatic carbocycles. The molecule has 2 aromatic heterocycles. The first kappa shape index (κ1) is 21.4. The van der Waals surface area contributed by atoms with Crippen molar-refractivity contribution in [3.63, 3.8) is 0 Å². The number of rotatable bonds is 6. The van der Waals surface area contributed by atoms with Gasteiger partial charge >= 0.3 is 0 Å². The lowest BCUT2D eigenvalue weighted by molar-refractivity contribution is -0.117. The third kappa shape index (κ3) is 4.26. The molecule has 170 valence electrons. The molecule has 1 aliphatic heterocycles. The molecule has 1 saturated heterocycles.